The quantitative estimate of drug-likeness (QED) is 0.743. The first-order valence-electron chi connectivity index (χ1n) is 5.61. The lowest BCUT2D eigenvalue weighted by atomic mass is 10.2. The van der Waals surface area contributed by atoms with E-state index in [1.54, 1.807) is 13.0 Å². The van der Waals surface area contributed by atoms with Crippen molar-refractivity contribution in [3.05, 3.63) is 45.6 Å². The number of hydrogen-bond acceptors (Lipinski definition) is 4. The Morgan fingerprint density at radius 2 is 1.90 bits per heavy atom. The SMILES string of the molecule is Cc1ccc(O)c(NC(=O)c2cc(Cl)c(N)c(Cl)c2)n1. The van der Waals surface area contributed by atoms with Gasteiger partial charge < -0.3 is 16.2 Å². The van der Waals surface area contributed by atoms with Crippen molar-refractivity contribution < 1.29 is 9.90 Å². The second-order valence-corrected chi connectivity index (χ2v) is 4.94. The van der Waals surface area contributed by atoms with Crippen LogP contribution in [0, 0.1) is 6.92 Å². The average molecular weight is 312 g/mol. The first-order valence-corrected chi connectivity index (χ1v) is 6.36. The number of hydrogen-bond donors (Lipinski definition) is 3. The zero-order chi connectivity index (χ0) is 14.9. The molecule has 20 heavy (non-hydrogen) atoms. The number of benzene rings is 1. The van der Waals surface area contributed by atoms with E-state index in [9.17, 15) is 9.90 Å². The topological polar surface area (TPSA) is 88.2 Å². The minimum absolute atomic E-state index is 0.0686. The van der Waals surface area contributed by atoms with Crippen molar-refractivity contribution in [2.24, 2.45) is 0 Å². The van der Waals surface area contributed by atoms with Crippen LogP contribution < -0.4 is 11.1 Å². The summed E-state index contributed by atoms with van der Waals surface area (Å²) in [5.74, 6) is -0.558. The monoisotopic (exact) mass is 311 g/mol. The third-order valence-electron chi connectivity index (χ3n) is 2.59. The summed E-state index contributed by atoms with van der Waals surface area (Å²) in [5, 5.41) is 12.5. The number of pyridine rings is 1. The van der Waals surface area contributed by atoms with Crippen molar-refractivity contribution in [3.63, 3.8) is 0 Å². The van der Waals surface area contributed by atoms with E-state index in [0.717, 1.165) is 0 Å². The standard InChI is InChI=1S/C13H11Cl2N3O2/c1-6-2-3-10(19)12(17-6)18-13(20)7-4-8(14)11(16)9(15)5-7/h2-5,19H,16H2,1H3,(H,17,18,20). The molecule has 1 aromatic heterocycles. The Morgan fingerprint density at radius 3 is 2.50 bits per heavy atom. The van der Waals surface area contributed by atoms with Gasteiger partial charge >= 0.3 is 0 Å². The first-order chi connectivity index (χ1) is 9.38. The van der Waals surface area contributed by atoms with E-state index in [0.29, 0.717) is 5.69 Å². The molecule has 2 aromatic rings. The van der Waals surface area contributed by atoms with Crippen molar-refractivity contribution in [2.75, 3.05) is 11.1 Å². The van der Waals surface area contributed by atoms with Crippen LogP contribution in [0.2, 0.25) is 10.0 Å². The number of halogens is 2. The second-order valence-electron chi connectivity index (χ2n) is 4.13. The zero-order valence-electron chi connectivity index (χ0n) is 10.4. The predicted octanol–water partition coefficient (Wildman–Crippen LogP) is 3.24. The van der Waals surface area contributed by atoms with Crippen molar-refractivity contribution in [3.8, 4) is 5.75 Å². The second kappa shape index (κ2) is 5.56. The average Bonchev–Trinajstić information content (AvgIpc) is 2.39. The van der Waals surface area contributed by atoms with Gasteiger partial charge in [-0.3, -0.25) is 4.79 Å². The smallest absolute Gasteiger partial charge is 0.257 e. The lowest BCUT2D eigenvalue weighted by molar-refractivity contribution is 0.102. The van der Waals surface area contributed by atoms with Crippen LogP contribution in [-0.2, 0) is 0 Å². The molecule has 0 unspecified atom stereocenters. The number of carbonyl (C=O) groups excluding carboxylic acids is 1. The van der Waals surface area contributed by atoms with Crippen LogP contribution in [0.3, 0.4) is 0 Å². The number of nitrogen functional groups attached to an aromatic ring is 1. The highest BCUT2D eigenvalue weighted by Gasteiger charge is 2.13. The van der Waals surface area contributed by atoms with Crippen molar-refractivity contribution in [1.29, 1.82) is 0 Å². The minimum atomic E-state index is -0.498. The number of nitrogens with zero attached hydrogens (tertiary/aromatic N) is 1. The fourth-order valence-electron chi connectivity index (χ4n) is 1.54. The summed E-state index contributed by atoms with van der Waals surface area (Å²) in [5.41, 5.74) is 6.69. The summed E-state index contributed by atoms with van der Waals surface area (Å²) in [4.78, 5) is 16.1. The van der Waals surface area contributed by atoms with Gasteiger partial charge in [-0.25, -0.2) is 4.98 Å². The van der Waals surface area contributed by atoms with Gasteiger partial charge in [-0.2, -0.15) is 0 Å². The Morgan fingerprint density at radius 1 is 1.30 bits per heavy atom. The molecule has 1 amide bonds. The molecule has 4 N–H and O–H groups in total. The summed E-state index contributed by atoms with van der Waals surface area (Å²) in [6.45, 7) is 1.74. The Kier molecular flexibility index (Phi) is 4.01. The molecule has 0 radical (unpaired) electrons. The lowest BCUT2D eigenvalue weighted by Crippen LogP contribution is -2.13. The Balaban J connectivity index is 2.31. The normalized spacial score (nSPS) is 10.3. The third kappa shape index (κ3) is 2.95. The highest BCUT2D eigenvalue weighted by molar-refractivity contribution is 6.39. The molecule has 2 rings (SSSR count). The maximum Gasteiger partial charge on any atom is 0.257 e. The molecule has 0 aliphatic heterocycles. The molecular weight excluding hydrogens is 301 g/mol. The molecule has 1 heterocycles. The maximum absolute atomic E-state index is 12.1. The highest BCUT2D eigenvalue weighted by Crippen LogP contribution is 2.29. The van der Waals surface area contributed by atoms with Gasteiger partial charge in [0.25, 0.3) is 5.91 Å². The van der Waals surface area contributed by atoms with Crippen LogP contribution in [0.15, 0.2) is 24.3 Å². The number of nitrogens with one attached hydrogen (secondary N) is 1. The molecule has 0 saturated heterocycles. The van der Waals surface area contributed by atoms with Crippen LogP contribution in [0.25, 0.3) is 0 Å². The largest absolute Gasteiger partial charge is 0.504 e. The van der Waals surface area contributed by atoms with Gasteiger partial charge in [-0.1, -0.05) is 23.2 Å². The molecule has 0 atom stereocenters. The molecule has 0 aliphatic rings. The molecule has 104 valence electrons. The summed E-state index contributed by atoms with van der Waals surface area (Å²) >= 11 is 11.7. The van der Waals surface area contributed by atoms with Gasteiger partial charge in [0.1, 0.15) is 0 Å². The number of aromatic hydroxyl groups is 1. The van der Waals surface area contributed by atoms with E-state index >= 15 is 0 Å². The fraction of sp³-hybridized carbons (Fsp3) is 0.0769. The van der Waals surface area contributed by atoms with Crippen molar-refractivity contribution in [2.45, 2.75) is 6.92 Å². The predicted molar refractivity (Wildman–Crippen MR) is 79.5 cm³/mol. The van der Waals surface area contributed by atoms with E-state index in [-0.39, 0.29) is 32.9 Å². The minimum Gasteiger partial charge on any atom is -0.504 e. The number of rotatable bonds is 2. The molecule has 5 nitrogen and oxygen atoms in total. The molecular formula is C13H11Cl2N3O2. The van der Waals surface area contributed by atoms with Gasteiger partial charge in [0.2, 0.25) is 0 Å². The molecule has 0 fully saturated rings. The fourth-order valence-corrected chi connectivity index (χ4v) is 2.02. The van der Waals surface area contributed by atoms with Crippen LogP contribution >= 0.6 is 23.2 Å². The molecule has 0 aliphatic carbocycles. The first kappa shape index (κ1) is 14.4. The number of aryl methyl sites for hydroxylation is 1. The van der Waals surface area contributed by atoms with Gasteiger partial charge in [0, 0.05) is 11.3 Å². The maximum atomic E-state index is 12.1. The summed E-state index contributed by atoms with van der Waals surface area (Å²) in [6, 6.07) is 5.86. The number of anilines is 2. The van der Waals surface area contributed by atoms with Gasteiger partial charge in [-0.05, 0) is 31.2 Å². The summed E-state index contributed by atoms with van der Waals surface area (Å²) < 4.78 is 0. The number of nitrogens with two attached hydrogens (primary N) is 1. The molecule has 0 saturated carbocycles. The van der Waals surface area contributed by atoms with E-state index in [2.05, 4.69) is 10.3 Å². The van der Waals surface area contributed by atoms with Crippen molar-refractivity contribution in [1.82, 2.24) is 4.98 Å². The highest BCUT2D eigenvalue weighted by atomic mass is 35.5. The molecule has 0 bridgehead atoms. The number of amides is 1. The van der Waals surface area contributed by atoms with E-state index in [1.165, 1.54) is 18.2 Å². The molecule has 7 heteroatoms. The van der Waals surface area contributed by atoms with Gasteiger partial charge in [0.15, 0.2) is 11.6 Å². The lowest BCUT2D eigenvalue weighted by Gasteiger charge is -2.09. The van der Waals surface area contributed by atoms with Crippen molar-refractivity contribution >= 4 is 40.6 Å². The van der Waals surface area contributed by atoms with Crippen LogP contribution in [0.1, 0.15) is 16.1 Å². The van der Waals surface area contributed by atoms with Crippen LogP contribution in [0.4, 0.5) is 11.5 Å². The van der Waals surface area contributed by atoms with Crippen LogP contribution in [-0.4, -0.2) is 16.0 Å². The summed E-state index contributed by atoms with van der Waals surface area (Å²) in [7, 11) is 0. The van der Waals surface area contributed by atoms with Crippen LogP contribution in [0.5, 0.6) is 5.75 Å². The van der Waals surface area contributed by atoms with Gasteiger partial charge in [0.05, 0.1) is 15.7 Å². The van der Waals surface area contributed by atoms with E-state index in [1.807, 2.05) is 0 Å². The Labute approximate surface area is 125 Å². The third-order valence-corrected chi connectivity index (χ3v) is 3.21. The number of carbonyl (C=O) groups is 1. The zero-order valence-corrected chi connectivity index (χ0v) is 12.0. The molecule has 1 aromatic carbocycles. The Bertz CT molecular complexity index is 666. The Hall–Kier alpha value is -1.98. The van der Waals surface area contributed by atoms with Gasteiger partial charge in [-0.15, -0.1) is 0 Å². The number of aromatic nitrogens is 1. The molecule has 0 spiro atoms. The van der Waals surface area contributed by atoms with E-state index < -0.39 is 5.91 Å². The van der Waals surface area contributed by atoms with E-state index in [4.69, 9.17) is 28.9 Å². The summed E-state index contributed by atoms with van der Waals surface area (Å²) in [6.07, 6.45) is 0.